The van der Waals surface area contributed by atoms with Gasteiger partial charge in [-0.3, -0.25) is 0 Å². The lowest BCUT2D eigenvalue weighted by atomic mass is 9.97. The fourth-order valence-corrected chi connectivity index (χ4v) is 3.31. The molecule has 0 saturated heterocycles. The molecule has 4 heteroatoms. The quantitative estimate of drug-likeness (QED) is 0.434. The van der Waals surface area contributed by atoms with Crippen LogP contribution in [-0.4, -0.2) is 0 Å². The van der Waals surface area contributed by atoms with Gasteiger partial charge in [-0.1, -0.05) is 56.5 Å². The molecule has 0 amide bonds. The van der Waals surface area contributed by atoms with E-state index in [1.165, 1.54) is 31.4 Å². The highest BCUT2D eigenvalue weighted by molar-refractivity contribution is 5.88. The number of nitrogens with zero attached hydrogens (tertiary/aromatic N) is 1. The molecular formula is C23H20F3N. The zero-order valence-corrected chi connectivity index (χ0v) is 15.2. The number of rotatable bonds is 6. The summed E-state index contributed by atoms with van der Waals surface area (Å²) in [4.78, 5) is 0. The maximum atomic E-state index is 15.0. The number of halogens is 3. The van der Waals surface area contributed by atoms with E-state index in [2.05, 4.69) is 6.92 Å². The van der Waals surface area contributed by atoms with Gasteiger partial charge in [0.15, 0.2) is 0 Å². The number of unbranched alkanes of at least 4 members (excludes halogenated alkanes) is 3. The Morgan fingerprint density at radius 3 is 2.30 bits per heavy atom. The van der Waals surface area contributed by atoms with Crippen molar-refractivity contribution in [3.8, 4) is 17.2 Å². The Kier molecular flexibility index (Phi) is 5.81. The van der Waals surface area contributed by atoms with Gasteiger partial charge in [0, 0.05) is 10.9 Å². The summed E-state index contributed by atoms with van der Waals surface area (Å²) >= 11 is 0. The van der Waals surface area contributed by atoms with Crippen molar-refractivity contribution in [3.63, 3.8) is 0 Å². The number of benzene rings is 3. The van der Waals surface area contributed by atoms with Crippen LogP contribution < -0.4 is 0 Å². The summed E-state index contributed by atoms with van der Waals surface area (Å²) in [6.45, 7) is 2.17. The smallest absolute Gasteiger partial charge is 0.144 e. The second-order valence-corrected chi connectivity index (χ2v) is 6.72. The summed E-state index contributed by atoms with van der Waals surface area (Å²) in [5.74, 6) is -2.50. The van der Waals surface area contributed by atoms with Crippen molar-refractivity contribution >= 4 is 10.8 Å². The second kappa shape index (κ2) is 8.26. The predicted octanol–water partition coefficient (Wildman–Crippen LogP) is 6.92. The Hall–Kier alpha value is -2.80. The minimum Gasteiger partial charge on any atom is -0.206 e. The molecule has 0 aliphatic carbocycles. The highest BCUT2D eigenvalue weighted by Crippen LogP contribution is 2.31. The van der Waals surface area contributed by atoms with Crippen molar-refractivity contribution in [3.05, 3.63) is 71.0 Å². The van der Waals surface area contributed by atoms with E-state index in [9.17, 15) is 13.2 Å². The largest absolute Gasteiger partial charge is 0.206 e. The van der Waals surface area contributed by atoms with E-state index in [0.29, 0.717) is 5.39 Å². The molecule has 0 spiro atoms. The average molecular weight is 367 g/mol. The number of hydrogen-bond donors (Lipinski definition) is 0. The fraction of sp³-hybridized carbons (Fsp3) is 0.261. The van der Waals surface area contributed by atoms with Crippen molar-refractivity contribution in [2.24, 2.45) is 0 Å². The summed E-state index contributed by atoms with van der Waals surface area (Å²) in [7, 11) is 0. The van der Waals surface area contributed by atoms with Gasteiger partial charge in [0.05, 0.1) is 0 Å². The Labute approximate surface area is 157 Å². The Bertz CT molecular complexity index is 995. The predicted molar refractivity (Wildman–Crippen MR) is 102 cm³/mol. The Balaban J connectivity index is 1.95. The summed E-state index contributed by atoms with van der Waals surface area (Å²) in [5, 5.41) is 9.94. The van der Waals surface area contributed by atoms with E-state index in [4.69, 9.17) is 5.26 Å². The van der Waals surface area contributed by atoms with E-state index < -0.39 is 23.0 Å². The maximum Gasteiger partial charge on any atom is 0.144 e. The molecule has 0 fully saturated rings. The third kappa shape index (κ3) is 3.98. The Morgan fingerprint density at radius 1 is 0.889 bits per heavy atom. The third-order valence-corrected chi connectivity index (χ3v) is 4.80. The second-order valence-electron chi connectivity index (χ2n) is 6.72. The summed E-state index contributed by atoms with van der Waals surface area (Å²) in [6, 6.07) is 12.3. The zero-order chi connectivity index (χ0) is 19.4. The van der Waals surface area contributed by atoms with E-state index >= 15 is 0 Å². The van der Waals surface area contributed by atoms with Crippen LogP contribution in [0.15, 0.2) is 42.5 Å². The number of hydrogen-bond acceptors (Lipinski definition) is 1. The van der Waals surface area contributed by atoms with E-state index in [1.54, 1.807) is 12.1 Å². The fourth-order valence-electron chi connectivity index (χ4n) is 3.31. The number of aryl methyl sites for hydroxylation is 1. The topological polar surface area (TPSA) is 23.8 Å². The SMILES string of the molecule is CCCCCCc1ccc2c(F)c(-c3cc(F)c(C#N)c(F)c3)ccc2c1. The lowest BCUT2D eigenvalue weighted by Crippen LogP contribution is -1.94. The number of fused-ring (bicyclic) bond motifs is 1. The molecular weight excluding hydrogens is 347 g/mol. The van der Waals surface area contributed by atoms with Gasteiger partial charge in [0.25, 0.3) is 0 Å². The first-order chi connectivity index (χ1) is 13.0. The molecule has 0 radical (unpaired) electrons. The molecule has 0 atom stereocenters. The first-order valence-electron chi connectivity index (χ1n) is 9.15. The molecule has 0 N–H and O–H groups in total. The first kappa shape index (κ1) is 19.0. The molecule has 0 bridgehead atoms. The van der Waals surface area contributed by atoms with Gasteiger partial charge in [-0.15, -0.1) is 0 Å². The van der Waals surface area contributed by atoms with Crippen molar-refractivity contribution in [2.75, 3.05) is 0 Å². The highest BCUT2D eigenvalue weighted by atomic mass is 19.1. The van der Waals surface area contributed by atoms with Gasteiger partial charge in [-0.25, -0.2) is 13.2 Å². The Morgan fingerprint density at radius 2 is 1.63 bits per heavy atom. The van der Waals surface area contributed by atoms with Crippen molar-refractivity contribution in [1.82, 2.24) is 0 Å². The van der Waals surface area contributed by atoms with Gasteiger partial charge in [0.1, 0.15) is 29.1 Å². The lowest BCUT2D eigenvalue weighted by Gasteiger charge is -2.10. The monoisotopic (exact) mass is 367 g/mol. The molecule has 0 saturated carbocycles. The normalized spacial score (nSPS) is 10.9. The lowest BCUT2D eigenvalue weighted by molar-refractivity contribution is 0.577. The van der Waals surface area contributed by atoms with E-state index in [-0.39, 0.29) is 11.1 Å². The molecule has 0 aliphatic heterocycles. The van der Waals surface area contributed by atoms with Gasteiger partial charge in [-0.05, 0) is 41.5 Å². The van der Waals surface area contributed by atoms with Crippen LogP contribution in [0.3, 0.4) is 0 Å². The number of nitriles is 1. The molecule has 138 valence electrons. The molecule has 27 heavy (non-hydrogen) atoms. The van der Waals surface area contributed by atoms with Crippen LogP contribution in [0.4, 0.5) is 13.2 Å². The van der Waals surface area contributed by atoms with Crippen molar-refractivity contribution in [1.29, 1.82) is 5.26 Å². The standard InChI is InChI=1S/C23H20F3N/c1-2-3-4-5-6-15-7-9-18-16(11-15)8-10-19(23(18)26)17-12-21(24)20(14-27)22(25)13-17/h7-13H,2-6H2,1H3. The van der Waals surface area contributed by atoms with Crippen molar-refractivity contribution < 1.29 is 13.2 Å². The maximum absolute atomic E-state index is 15.0. The van der Waals surface area contributed by atoms with Crippen LogP contribution in [0, 0.1) is 28.8 Å². The van der Waals surface area contributed by atoms with Crippen molar-refractivity contribution in [2.45, 2.75) is 39.0 Å². The van der Waals surface area contributed by atoms with Gasteiger partial charge < -0.3 is 0 Å². The van der Waals surface area contributed by atoms with E-state index in [0.717, 1.165) is 35.9 Å². The highest BCUT2D eigenvalue weighted by Gasteiger charge is 2.15. The molecule has 0 heterocycles. The van der Waals surface area contributed by atoms with Gasteiger partial charge in [0.2, 0.25) is 0 Å². The minimum atomic E-state index is -0.991. The summed E-state index contributed by atoms with van der Waals surface area (Å²) in [6.07, 6.45) is 5.62. The molecule has 0 unspecified atom stereocenters. The third-order valence-electron chi connectivity index (χ3n) is 4.80. The molecule has 0 aromatic heterocycles. The molecule has 3 aromatic carbocycles. The average Bonchev–Trinajstić information content (AvgIpc) is 2.65. The van der Waals surface area contributed by atoms with Crippen LogP contribution in [-0.2, 0) is 6.42 Å². The van der Waals surface area contributed by atoms with Crippen LogP contribution in [0.25, 0.3) is 21.9 Å². The summed E-state index contributed by atoms with van der Waals surface area (Å²) < 4.78 is 42.7. The van der Waals surface area contributed by atoms with Crippen LogP contribution in [0.1, 0.15) is 43.7 Å². The molecule has 1 nitrogen and oxygen atoms in total. The van der Waals surface area contributed by atoms with E-state index in [1.807, 2.05) is 12.1 Å². The van der Waals surface area contributed by atoms with Crippen LogP contribution in [0.5, 0.6) is 0 Å². The van der Waals surface area contributed by atoms with Crippen LogP contribution >= 0.6 is 0 Å². The minimum absolute atomic E-state index is 0.0760. The van der Waals surface area contributed by atoms with Gasteiger partial charge >= 0.3 is 0 Å². The summed E-state index contributed by atoms with van der Waals surface area (Å²) in [5.41, 5.74) is 0.682. The zero-order valence-electron chi connectivity index (χ0n) is 15.2. The molecule has 3 aromatic rings. The van der Waals surface area contributed by atoms with Crippen LogP contribution in [0.2, 0.25) is 0 Å². The van der Waals surface area contributed by atoms with Gasteiger partial charge in [-0.2, -0.15) is 5.26 Å². The first-order valence-corrected chi connectivity index (χ1v) is 9.15. The molecule has 3 rings (SSSR count). The molecule has 0 aliphatic rings.